The molecular weight excluding hydrogens is 308 g/mol. The number of aromatic nitrogens is 2. The van der Waals surface area contributed by atoms with E-state index in [0.29, 0.717) is 5.02 Å². The van der Waals surface area contributed by atoms with Crippen molar-refractivity contribution in [3.05, 3.63) is 83.4 Å². The number of hydrogen-bond acceptors (Lipinski definition) is 2. The lowest BCUT2D eigenvalue weighted by Gasteiger charge is -2.20. The van der Waals surface area contributed by atoms with Gasteiger partial charge >= 0.3 is 0 Å². The molecule has 1 atom stereocenters. The van der Waals surface area contributed by atoms with Crippen LogP contribution in [0.3, 0.4) is 0 Å². The fourth-order valence-electron chi connectivity index (χ4n) is 2.44. The van der Waals surface area contributed by atoms with E-state index in [9.17, 15) is 0 Å². The molecule has 0 aliphatic carbocycles. The van der Waals surface area contributed by atoms with Gasteiger partial charge in [-0.25, -0.2) is 4.98 Å². The molecule has 0 aliphatic rings. The topological polar surface area (TPSA) is 27.1 Å². The summed E-state index contributed by atoms with van der Waals surface area (Å²) in [4.78, 5) is 4.09. The summed E-state index contributed by atoms with van der Waals surface area (Å²) in [5.41, 5.74) is 2.42. The van der Waals surface area contributed by atoms with Crippen molar-refractivity contribution >= 4 is 11.6 Å². The van der Waals surface area contributed by atoms with Gasteiger partial charge in [-0.1, -0.05) is 41.4 Å². The van der Waals surface area contributed by atoms with Gasteiger partial charge in [0.15, 0.2) is 0 Å². The average molecular weight is 327 g/mol. The molecule has 3 nitrogen and oxygen atoms in total. The first-order valence-electron chi connectivity index (χ1n) is 7.65. The predicted molar refractivity (Wildman–Crippen MR) is 92.8 cm³/mol. The van der Waals surface area contributed by atoms with Crippen LogP contribution in [0.1, 0.15) is 23.7 Å². The second-order valence-corrected chi connectivity index (χ2v) is 6.00. The van der Waals surface area contributed by atoms with Crippen LogP contribution >= 0.6 is 11.6 Å². The van der Waals surface area contributed by atoms with E-state index in [0.717, 1.165) is 18.7 Å². The van der Waals surface area contributed by atoms with Crippen LogP contribution in [0.15, 0.2) is 67.3 Å². The minimum Gasteiger partial charge on any atom is -0.486 e. The zero-order valence-corrected chi connectivity index (χ0v) is 13.8. The molecular formula is C19H19ClN2O. The third-order valence-electron chi connectivity index (χ3n) is 3.75. The fourth-order valence-corrected chi connectivity index (χ4v) is 2.56. The van der Waals surface area contributed by atoms with E-state index >= 15 is 0 Å². The van der Waals surface area contributed by atoms with Gasteiger partial charge in [0.25, 0.3) is 0 Å². The normalized spacial score (nSPS) is 12.1. The lowest BCUT2D eigenvalue weighted by molar-refractivity contribution is 0.188. The van der Waals surface area contributed by atoms with Gasteiger partial charge in [-0.2, -0.15) is 0 Å². The summed E-state index contributed by atoms with van der Waals surface area (Å²) in [5.74, 6) is 0.825. The number of aryl methyl sites for hydroxylation is 2. The molecule has 0 aliphatic heterocycles. The molecule has 0 saturated carbocycles. The highest BCUT2D eigenvalue weighted by Gasteiger charge is 2.14. The predicted octanol–water partition coefficient (Wildman–Crippen LogP) is 5.06. The van der Waals surface area contributed by atoms with Crippen molar-refractivity contribution in [2.75, 3.05) is 0 Å². The molecule has 0 N–H and O–H groups in total. The van der Waals surface area contributed by atoms with Crippen molar-refractivity contribution in [3.63, 3.8) is 0 Å². The highest BCUT2D eigenvalue weighted by Crippen LogP contribution is 2.26. The Balaban J connectivity index is 1.77. The molecule has 1 unspecified atom stereocenters. The van der Waals surface area contributed by atoms with Crippen LogP contribution in [0, 0.1) is 6.92 Å². The molecule has 0 spiro atoms. The van der Waals surface area contributed by atoms with Crippen molar-refractivity contribution in [1.29, 1.82) is 0 Å². The first-order valence-corrected chi connectivity index (χ1v) is 8.03. The monoisotopic (exact) mass is 326 g/mol. The maximum Gasteiger partial charge on any atom is 0.125 e. The summed E-state index contributed by atoms with van der Waals surface area (Å²) in [6, 6.07) is 16.0. The summed E-state index contributed by atoms with van der Waals surface area (Å²) in [7, 11) is 0. The van der Waals surface area contributed by atoms with Crippen LogP contribution in [0.5, 0.6) is 5.75 Å². The number of rotatable bonds is 6. The highest BCUT2D eigenvalue weighted by atomic mass is 35.5. The Hall–Kier alpha value is -2.26. The third kappa shape index (κ3) is 4.36. The Labute approximate surface area is 141 Å². The molecule has 3 rings (SSSR count). The number of ether oxygens (including phenoxy) is 1. The highest BCUT2D eigenvalue weighted by molar-refractivity contribution is 6.30. The van der Waals surface area contributed by atoms with Crippen LogP contribution in [0.25, 0.3) is 0 Å². The first-order chi connectivity index (χ1) is 11.2. The second kappa shape index (κ2) is 7.34. The maximum atomic E-state index is 6.20. The largest absolute Gasteiger partial charge is 0.486 e. The number of benzene rings is 2. The maximum absolute atomic E-state index is 6.20. The summed E-state index contributed by atoms with van der Waals surface area (Å²) >= 11 is 5.95. The van der Waals surface area contributed by atoms with E-state index in [1.165, 1.54) is 11.1 Å². The molecule has 1 aromatic heterocycles. The minimum atomic E-state index is -0.0147. The molecule has 118 valence electrons. The smallest absolute Gasteiger partial charge is 0.125 e. The summed E-state index contributed by atoms with van der Waals surface area (Å²) < 4.78 is 8.26. The lowest BCUT2D eigenvalue weighted by Crippen LogP contribution is -2.11. The van der Waals surface area contributed by atoms with Gasteiger partial charge < -0.3 is 9.30 Å². The standard InChI is InChI=1S/C19H19ClN2O/c1-15-2-4-16(5-3-15)19(10-12-22-13-11-21-14-22)23-18-8-6-17(20)7-9-18/h2-9,11,13-14,19H,10,12H2,1H3. The van der Waals surface area contributed by atoms with Gasteiger partial charge in [0, 0.05) is 30.4 Å². The molecule has 1 heterocycles. The van der Waals surface area contributed by atoms with Crippen molar-refractivity contribution in [2.24, 2.45) is 0 Å². The van der Waals surface area contributed by atoms with Crippen LogP contribution in [0.2, 0.25) is 5.02 Å². The Bertz CT molecular complexity index is 721. The first kappa shape index (κ1) is 15.6. The van der Waals surface area contributed by atoms with E-state index < -0.39 is 0 Å². The van der Waals surface area contributed by atoms with Crippen LogP contribution in [-0.4, -0.2) is 9.55 Å². The number of imidazole rings is 1. The van der Waals surface area contributed by atoms with E-state index in [1.807, 2.05) is 36.8 Å². The fraction of sp³-hybridized carbons (Fsp3) is 0.211. The van der Waals surface area contributed by atoms with Crippen LogP contribution in [0.4, 0.5) is 0 Å². The van der Waals surface area contributed by atoms with Gasteiger partial charge in [-0.05, 0) is 36.8 Å². The molecule has 23 heavy (non-hydrogen) atoms. The van der Waals surface area contributed by atoms with E-state index in [-0.39, 0.29) is 6.10 Å². The molecule has 3 aromatic rings. The Morgan fingerprint density at radius 1 is 1.09 bits per heavy atom. The van der Waals surface area contributed by atoms with Crippen LogP contribution < -0.4 is 4.74 Å². The number of nitrogens with zero attached hydrogens (tertiary/aromatic N) is 2. The molecule has 0 radical (unpaired) electrons. The molecule has 2 aromatic carbocycles. The molecule has 0 saturated heterocycles. The van der Waals surface area contributed by atoms with Gasteiger partial charge in [-0.15, -0.1) is 0 Å². The third-order valence-corrected chi connectivity index (χ3v) is 4.00. The van der Waals surface area contributed by atoms with Gasteiger partial charge in [0.2, 0.25) is 0 Å². The van der Waals surface area contributed by atoms with E-state index in [4.69, 9.17) is 16.3 Å². The van der Waals surface area contributed by atoms with Crippen molar-refractivity contribution in [1.82, 2.24) is 9.55 Å². The summed E-state index contributed by atoms with van der Waals surface area (Å²) in [5, 5.41) is 0.711. The average Bonchev–Trinajstić information content (AvgIpc) is 3.08. The SMILES string of the molecule is Cc1ccc(C(CCn2ccnc2)Oc2ccc(Cl)cc2)cc1. The van der Waals surface area contributed by atoms with Gasteiger partial charge in [-0.3, -0.25) is 0 Å². The summed E-state index contributed by atoms with van der Waals surface area (Å²) in [6.07, 6.45) is 6.44. The summed E-state index contributed by atoms with van der Waals surface area (Å²) in [6.45, 7) is 2.94. The molecule has 0 amide bonds. The van der Waals surface area contributed by atoms with E-state index in [2.05, 4.69) is 40.7 Å². The van der Waals surface area contributed by atoms with Crippen molar-refractivity contribution in [2.45, 2.75) is 26.0 Å². The quantitative estimate of drug-likeness (QED) is 0.633. The number of hydrogen-bond donors (Lipinski definition) is 0. The van der Waals surface area contributed by atoms with Crippen molar-refractivity contribution < 1.29 is 4.74 Å². The van der Waals surface area contributed by atoms with Gasteiger partial charge in [0.05, 0.1) is 6.33 Å². The van der Waals surface area contributed by atoms with Crippen LogP contribution in [-0.2, 0) is 6.54 Å². The molecule has 0 bridgehead atoms. The zero-order chi connectivity index (χ0) is 16.1. The van der Waals surface area contributed by atoms with E-state index in [1.54, 1.807) is 6.20 Å². The lowest BCUT2D eigenvalue weighted by atomic mass is 10.0. The molecule has 0 fully saturated rings. The Morgan fingerprint density at radius 3 is 2.48 bits per heavy atom. The molecule has 4 heteroatoms. The minimum absolute atomic E-state index is 0.0147. The van der Waals surface area contributed by atoms with Crippen molar-refractivity contribution in [3.8, 4) is 5.75 Å². The second-order valence-electron chi connectivity index (χ2n) is 5.56. The number of halogens is 1. The Morgan fingerprint density at radius 2 is 1.83 bits per heavy atom. The van der Waals surface area contributed by atoms with Gasteiger partial charge in [0.1, 0.15) is 11.9 Å². The zero-order valence-electron chi connectivity index (χ0n) is 13.0. The Kier molecular flexibility index (Phi) is 4.99.